The molecule has 12 rings (SSSR count). The minimum atomic E-state index is -2.88. The van der Waals surface area contributed by atoms with Crippen molar-refractivity contribution in [1.29, 1.82) is 0 Å². The molecule has 0 bridgehead atoms. The fourth-order valence-corrected chi connectivity index (χ4v) is 14.8. The molecule has 0 amide bonds. The lowest BCUT2D eigenvalue weighted by molar-refractivity contribution is 0.487. The standard InChI is InChI=1S/C54H36N2OSi/c1-3-16-37(17-4-1)38-30-32-39(33-31-38)55-46-23-10-8-21-44(46)54-47(55)24-15-25-48(54)56-45-22-9-7-20-42(45)43-35-34-41(36-49(43)56)58(40-18-5-2-6-19-40)52-28-13-11-26-50(52)57-51-27-12-14-29-53(51)58/h1-36H. The maximum Gasteiger partial charge on any atom is 0.188 e. The highest BCUT2D eigenvalue weighted by molar-refractivity contribution is 7.20. The summed E-state index contributed by atoms with van der Waals surface area (Å²) in [6.45, 7) is 0. The highest BCUT2D eigenvalue weighted by Crippen LogP contribution is 2.40. The molecule has 0 unspecified atom stereocenters. The Labute approximate surface area is 337 Å². The largest absolute Gasteiger partial charge is 0.458 e. The van der Waals surface area contributed by atoms with Crippen LogP contribution in [-0.2, 0) is 0 Å². The molecule has 58 heavy (non-hydrogen) atoms. The van der Waals surface area contributed by atoms with Crippen molar-refractivity contribution in [1.82, 2.24) is 9.13 Å². The molecule has 0 N–H and O–H groups in total. The summed E-state index contributed by atoms with van der Waals surface area (Å²) in [7, 11) is -2.88. The van der Waals surface area contributed by atoms with Gasteiger partial charge in [0.05, 0.1) is 27.8 Å². The summed E-state index contributed by atoms with van der Waals surface area (Å²) in [5.74, 6) is 1.87. The summed E-state index contributed by atoms with van der Waals surface area (Å²) in [5, 5.41) is 10.1. The Kier molecular flexibility index (Phi) is 7.25. The molecule has 0 saturated heterocycles. The molecule has 2 aromatic heterocycles. The average Bonchev–Trinajstić information content (AvgIpc) is 3.82. The van der Waals surface area contributed by atoms with Gasteiger partial charge in [-0.2, -0.15) is 0 Å². The number of rotatable bonds is 5. The molecule has 1 aliphatic rings. The van der Waals surface area contributed by atoms with Crippen molar-refractivity contribution < 1.29 is 4.74 Å². The van der Waals surface area contributed by atoms with Gasteiger partial charge in [-0.1, -0.05) is 164 Å². The molecule has 0 radical (unpaired) electrons. The Morgan fingerprint density at radius 2 is 0.897 bits per heavy atom. The number of aromatic nitrogens is 2. The van der Waals surface area contributed by atoms with Crippen molar-refractivity contribution in [3.05, 3.63) is 218 Å². The van der Waals surface area contributed by atoms with Crippen molar-refractivity contribution in [3.63, 3.8) is 0 Å². The van der Waals surface area contributed by atoms with E-state index in [2.05, 4.69) is 228 Å². The topological polar surface area (TPSA) is 19.1 Å². The van der Waals surface area contributed by atoms with Crippen LogP contribution >= 0.6 is 0 Å². The quantitative estimate of drug-likeness (QED) is 0.160. The van der Waals surface area contributed by atoms with Gasteiger partial charge in [0.1, 0.15) is 11.5 Å². The predicted molar refractivity (Wildman–Crippen MR) is 244 cm³/mol. The fraction of sp³-hybridized carbons (Fsp3) is 0. The van der Waals surface area contributed by atoms with Crippen LogP contribution in [0.15, 0.2) is 218 Å². The normalized spacial score (nSPS) is 13.1. The fourth-order valence-electron chi connectivity index (χ4n) is 9.83. The van der Waals surface area contributed by atoms with Crippen LogP contribution in [0.4, 0.5) is 0 Å². The first kappa shape index (κ1) is 32.8. The Balaban J connectivity index is 1.15. The number of para-hydroxylation sites is 4. The first-order valence-corrected chi connectivity index (χ1v) is 21.9. The second-order valence-corrected chi connectivity index (χ2v) is 19.0. The van der Waals surface area contributed by atoms with Gasteiger partial charge in [0.25, 0.3) is 0 Å². The van der Waals surface area contributed by atoms with Gasteiger partial charge in [0, 0.05) is 27.2 Å². The van der Waals surface area contributed by atoms with Crippen molar-refractivity contribution >= 4 is 72.4 Å². The van der Waals surface area contributed by atoms with Gasteiger partial charge < -0.3 is 13.9 Å². The van der Waals surface area contributed by atoms with Crippen LogP contribution in [0, 0.1) is 0 Å². The zero-order chi connectivity index (χ0) is 38.2. The SMILES string of the molecule is c1ccc(-c2ccc(-n3c4ccccc4c4c(-n5c6ccccc6c6ccc([Si]7(c8ccccc8)c8ccccc8Oc8ccccc87)cc65)cccc43)cc2)cc1. The lowest BCUT2D eigenvalue weighted by Gasteiger charge is -2.39. The van der Waals surface area contributed by atoms with Crippen LogP contribution in [0.3, 0.4) is 0 Å². The molecule has 11 aromatic rings. The monoisotopic (exact) mass is 756 g/mol. The van der Waals surface area contributed by atoms with Crippen LogP contribution in [-0.4, -0.2) is 17.2 Å². The second-order valence-electron chi connectivity index (χ2n) is 15.2. The van der Waals surface area contributed by atoms with Crippen LogP contribution in [0.2, 0.25) is 0 Å². The number of nitrogens with zero attached hydrogens (tertiary/aromatic N) is 2. The first-order valence-electron chi connectivity index (χ1n) is 19.9. The molecule has 0 spiro atoms. The van der Waals surface area contributed by atoms with Gasteiger partial charge in [0.2, 0.25) is 0 Å². The van der Waals surface area contributed by atoms with E-state index in [9.17, 15) is 0 Å². The molecule has 0 fully saturated rings. The number of fused-ring (bicyclic) bond motifs is 8. The molecular formula is C54H36N2OSi. The van der Waals surface area contributed by atoms with E-state index in [4.69, 9.17) is 4.74 Å². The lowest BCUT2D eigenvalue weighted by Crippen LogP contribution is -2.76. The van der Waals surface area contributed by atoms with Gasteiger partial charge in [-0.05, 0) is 86.5 Å². The van der Waals surface area contributed by atoms with Gasteiger partial charge >= 0.3 is 0 Å². The lowest BCUT2D eigenvalue weighted by atomic mass is 10.1. The smallest absolute Gasteiger partial charge is 0.188 e. The number of ether oxygens (including phenoxy) is 1. The maximum absolute atomic E-state index is 6.69. The third kappa shape index (κ3) is 4.67. The molecule has 0 saturated carbocycles. The average molecular weight is 757 g/mol. The highest BCUT2D eigenvalue weighted by Gasteiger charge is 2.48. The summed E-state index contributed by atoms with van der Waals surface area (Å²) in [6.07, 6.45) is 0. The minimum absolute atomic E-state index is 0.937. The van der Waals surface area contributed by atoms with Gasteiger partial charge in [-0.3, -0.25) is 0 Å². The van der Waals surface area contributed by atoms with Crippen molar-refractivity contribution in [2.45, 2.75) is 0 Å². The van der Waals surface area contributed by atoms with Crippen LogP contribution in [0.1, 0.15) is 0 Å². The van der Waals surface area contributed by atoms with Crippen molar-refractivity contribution in [2.75, 3.05) is 0 Å². The van der Waals surface area contributed by atoms with E-state index in [0.29, 0.717) is 0 Å². The third-order valence-corrected chi connectivity index (χ3v) is 17.1. The van der Waals surface area contributed by atoms with Gasteiger partial charge in [-0.15, -0.1) is 0 Å². The number of hydrogen-bond acceptors (Lipinski definition) is 1. The molecule has 3 heterocycles. The van der Waals surface area contributed by atoms with Gasteiger partial charge in [0.15, 0.2) is 8.07 Å². The van der Waals surface area contributed by atoms with E-state index < -0.39 is 8.07 Å². The van der Waals surface area contributed by atoms with Crippen molar-refractivity contribution in [2.24, 2.45) is 0 Å². The Hall–Kier alpha value is -7.40. The molecule has 3 nitrogen and oxygen atoms in total. The Morgan fingerprint density at radius 3 is 1.62 bits per heavy atom. The number of benzene rings is 9. The van der Waals surface area contributed by atoms with E-state index in [1.165, 1.54) is 81.2 Å². The van der Waals surface area contributed by atoms with Crippen LogP contribution in [0.5, 0.6) is 11.5 Å². The molecule has 1 aliphatic heterocycles. The molecule has 0 aliphatic carbocycles. The van der Waals surface area contributed by atoms with E-state index in [1.807, 2.05) is 0 Å². The van der Waals surface area contributed by atoms with Crippen molar-refractivity contribution in [3.8, 4) is 34.0 Å². The summed E-state index contributed by atoms with van der Waals surface area (Å²) in [6, 6.07) is 79.9. The predicted octanol–water partition coefficient (Wildman–Crippen LogP) is 11.0. The van der Waals surface area contributed by atoms with Gasteiger partial charge in [-0.25, -0.2) is 0 Å². The summed E-state index contributed by atoms with van der Waals surface area (Å²) in [4.78, 5) is 0. The van der Waals surface area contributed by atoms with E-state index in [0.717, 1.165) is 17.2 Å². The van der Waals surface area contributed by atoms with Crippen LogP contribution < -0.4 is 25.5 Å². The second kappa shape index (κ2) is 12.8. The van der Waals surface area contributed by atoms with E-state index in [1.54, 1.807) is 0 Å². The Bertz CT molecular complexity index is 3320. The highest BCUT2D eigenvalue weighted by atomic mass is 28.3. The third-order valence-electron chi connectivity index (χ3n) is 12.3. The minimum Gasteiger partial charge on any atom is -0.458 e. The number of hydrogen-bond donors (Lipinski definition) is 0. The molecule has 4 heteroatoms. The van der Waals surface area contributed by atoms with Crippen LogP contribution in [0.25, 0.3) is 66.1 Å². The molecular weight excluding hydrogens is 721 g/mol. The zero-order valence-electron chi connectivity index (χ0n) is 31.6. The summed E-state index contributed by atoms with van der Waals surface area (Å²) < 4.78 is 11.6. The van der Waals surface area contributed by atoms with E-state index in [-0.39, 0.29) is 0 Å². The Morgan fingerprint density at radius 1 is 0.345 bits per heavy atom. The summed E-state index contributed by atoms with van der Waals surface area (Å²) in [5.41, 5.74) is 9.47. The molecule has 9 aromatic carbocycles. The molecule has 0 atom stereocenters. The maximum atomic E-state index is 6.69. The van der Waals surface area contributed by atoms with E-state index >= 15 is 0 Å². The summed E-state index contributed by atoms with van der Waals surface area (Å²) >= 11 is 0. The molecule has 272 valence electrons. The zero-order valence-corrected chi connectivity index (χ0v) is 32.6. The first-order chi connectivity index (χ1) is 28.8.